The van der Waals surface area contributed by atoms with Crippen LogP contribution in [0.2, 0.25) is 0 Å². The number of hydrogen-bond donors (Lipinski definition) is 1. The van der Waals surface area contributed by atoms with Gasteiger partial charge in [0, 0.05) is 17.6 Å². The van der Waals surface area contributed by atoms with Crippen LogP contribution in [0.15, 0.2) is 24.3 Å². The normalized spacial score (nSPS) is 24.9. The molecule has 0 spiro atoms. The van der Waals surface area contributed by atoms with Gasteiger partial charge in [-0.15, -0.1) is 0 Å². The van der Waals surface area contributed by atoms with Gasteiger partial charge in [-0.3, -0.25) is 0 Å². The van der Waals surface area contributed by atoms with Crippen LogP contribution in [0, 0.1) is 5.92 Å². The number of hydrogen-bond acceptors (Lipinski definition) is 1. The lowest BCUT2D eigenvalue weighted by Gasteiger charge is -2.32. The molecule has 1 N–H and O–H groups in total. The molecule has 14 heavy (non-hydrogen) atoms. The number of benzene rings is 1. The molecule has 1 aromatic rings. The molecule has 1 nitrogen and oxygen atoms in total. The molecule has 0 radical (unpaired) electrons. The topological polar surface area (TPSA) is 12.0 Å². The second kappa shape index (κ2) is 3.30. The van der Waals surface area contributed by atoms with Crippen LogP contribution in [-0.2, 0) is 5.41 Å². The average molecular weight is 189 g/mol. The van der Waals surface area contributed by atoms with Crippen molar-refractivity contribution in [1.29, 1.82) is 0 Å². The number of rotatable bonds is 2. The summed E-state index contributed by atoms with van der Waals surface area (Å²) in [5, 5.41) is 3.52. The van der Waals surface area contributed by atoms with E-state index in [1.54, 1.807) is 0 Å². The average Bonchev–Trinajstić information content (AvgIpc) is 2.57. The fourth-order valence-electron chi connectivity index (χ4n) is 2.66. The van der Waals surface area contributed by atoms with Crippen molar-refractivity contribution in [3.05, 3.63) is 29.8 Å². The Hall–Kier alpha value is -0.980. The molecule has 1 aliphatic heterocycles. The third kappa shape index (κ3) is 1.15. The van der Waals surface area contributed by atoms with Crippen molar-refractivity contribution in [2.75, 3.05) is 11.9 Å². The van der Waals surface area contributed by atoms with Crippen molar-refractivity contribution < 1.29 is 0 Å². The molecule has 0 saturated carbocycles. The smallest absolute Gasteiger partial charge is 0.0379 e. The first-order valence-corrected chi connectivity index (χ1v) is 5.54. The summed E-state index contributed by atoms with van der Waals surface area (Å²) in [5.41, 5.74) is 3.21. The van der Waals surface area contributed by atoms with E-state index < -0.39 is 0 Å². The van der Waals surface area contributed by atoms with Crippen LogP contribution >= 0.6 is 0 Å². The lowest BCUT2D eigenvalue weighted by Crippen LogP contribution is -2.33. The molecular formula is C13H19N. The molecule has 0 aliphatic carbocycles. The lowest BCUT2D eigenvalue weighted by molar-refractivity contribution is 0.326. The van der Waals surface area contributed by atoms with Crippen molar-refractivity contribution in [2.24, 2.45) is 5.92 Å². The van der Waals surface area contributed by atoms with E-state index in [9.17, 15) is 0 Å². The van der Waals surface area contributed by atoms with E-state index in [1.165, 1.54) is 17.7 Å². The van der Waals surface area contributed by atoms with Gasteiger partial charge in [0.2, 0.25) is 0 Å². The molecule has 0 bridgehead atoms. The molecule has 1 aromatic carbocycles. The third-order valence-electron chi connectivity index (χ3n) is 3.79. The van der Waals surface area contributed by atoms with Gasteiger partial charge in [-0.25, -0.2) is 0 Å². The largest absolute Gasteiger partial charge is 0.384 e. The highest BCUT2D eigenvalue weighted by atomic mass is 14.9. The zero-order valence-corrected chi connectivity index (χ0v) is 9.30. The summed E-state index contributed by atoms with van der Waals surface area (Å²) < 4.78 is 0. The van der Waals surface area contributed by atoms with Gasteiger partial charge < -0.3 is 5.32 Å². The summed E-state index contributed by atoms with van der Waals surface area (Å²) in [5.74, 6) is 0.698. The van der Waals surface area contributed by atoms with Gasteiger partial charge in [0.15, 0.2) is 0 Å². The summed E-state index contributed by atoms with van der Waals surface area (Å²) in [6.07, 6.45) is 1.22. The van der Waals surface area contributed by atoms with E-state index >= 15 is 0 Å². The van der Waals surface area contributed by atoms with Crippen molar-refractivity contribution >= 4 is 5.69 Å². The third-order valence-corrected chi connectivity index (χ3v) is 3.79. The van der Waals surface area contributed by atoms with Gasteiger partial charge in [-0.2, -0.15) is 0 Å². The van der Waals surface area contributed by atoms with E-state index in [1.807, 2.05) is 0 Å². The minimum absolute atomic E-state index is 0.358. The summed E-state index contributed by atoms with van der Waals surface area (Å²) in [6.45, 7) is 8.05. The maximum Gasteiger partial charge on any atom is 0.0379 e. The van der Waals surface area contributed by atoms with Gasteiger partial charge >= 0.3 is 0 Å². The number of nitrogens with one attached hydrogen (secondary N) is 1. The molecule has 0 saturated heterocycles. The van der Waals surface area contributed by atoms with Gasteiger partial charge in [-0.1, -0.05) is 39.0 Å². The van der Waals surface area contributed by atoms with E-state index in [-0.39, 0.29) is 0 Å². The standard InChI is InChI=1S/C13H19N/c1-4-13(10(2)3)9-14-12-8-6-5-7-11(12)13/h5-8,10,14H,4,9H2,1-3H3. The highest BCUT2D eigenvalue weighted by Crippen LogP contribution is 2.43. The number of anilines is 1. The van der Waals surface area contributed by atoms with Crippen molar-refractivity contribution in [3.63, 3.8) is 0 Å². The Bertz CT molecular complexity index is 330. The zero-order chi connectivity index (χ0) is 10.2. The minimum atomic E-state index is 0.358. The molecule has 0 amide bonds. The molecule has 1 heteroatoms. The van der Waals surface area contributed by atoms with Crippen molar-refractivity contribution in [1.82, 2.24) is 0 Å². The highest BCUT2D eigenvalue weighted by Gasteiger charge is 2.39. The van der Waals surface area contributed by atoms with Crippen LogP contribution in [0.25, 0.3) is 0 Å². The van der Waals surface area contributed by atoms with Crippen LogP contribution < -0.4 is 5.32 Å². The molecule has 1 aliphatic rings. The highest BCUT2D eigenvalue weighted by molar-refractivity contribution is 5.60. The second-order valence-corrected chi connectivity index (χ2v) is 4.56. The molecular weight excluding hydrogens is 170 g/mol. The Morgan fingerprint density at radius 1 is 1.36 bits per heavy atom. The zero-order valence-electron chi connectivity index (χ0n) is 9.30. The Morgan fingerprint density at radius 3 is 2.71 bits per heavy atom. The molecule has 1 atom stereocenters. The molecule has 2 rings (SSSR count). The Kier molecular flexibility index (Phi) is 2.26. The Morgan fingerprint density at radius 2 is 2.07 bits per heavy atom. The summed E-state index contributed by atoms with van der Waals surface area (Å²) >= 11 is 0. The van der Waals surface area contributed by atoms with Gasteiger partial charge in [-0.05, 0) is 24.0 Å². The summed E-state index contributed by atoms with van der Waals surface area (Å²) in [4.78, 5) is 0. The van der Waals surface area contributed by atoms with Gasteiger partial charge in [0.25, 0.3) is 0 Å². The SMILES string of the molecule is CCC1(C(C)C)CNc2ccccc21. The van der Waals surface area contributed by atoms with E-state index in [0.29, 0.717) is 11.3 Å². The summed E-state index contributed by atoms with van der Waals surface area (Å²) in [7, 11) is 0. The van der Waals surface area contributed by atoms with Crippen LogP contribution in [0.4, 0.5) is 5.69 Å². The second-order valence-electron chi connectivity index (χ2n) is 4.56. The molecule has 76 valence electrons. The maximum atomic E-state index is 3.52. The predicted molar refractivity (Wildman–Crippen MR) is 61.7 cm³/mol. The van der Waals surface area contributed by atoms with Crippen molar-refractivity contribution in [2.45, 2.75) is 32.6 Å². The first-order valence-electron chi connectivity index (χ1n) is 5.54. The lowest BCUT2D eigenvalue weighted by atomic mass is 9.71. The van der Waals surface area contributed by atoms with Crippen LogP contribution in [0.3, 0.4) is 0 Å². The van der Waals surface area contributed by atoms with Crippen LogP contribution in [0.1, 0.15) is 32.8 Å². The Balaban J connectivity index is 2.50. The molecule has 0 fully saturated rings. The number of fused-ring (bicyclic) bond motifs is 1. The Labute approximate surface area is 86.5 Å². The molecule has 1 unspecified atom stereocenters. The summed E-state index contributed by atoms with van der Waals surface area (Å²) in [6, 6.07) is 8.73. The fraction of sp³-hybridized carbons (Fsp3) is 0.538. The predicted octanol–water partition coefficient (Wildman–Crippen LogP) is 3.42. The van der Waals surface area contributed by atoms with E-state index in [0.717, 1.165) is 6.54 Å². The maximum absolute atomic E-state index is 3.52. The monoisotopic (exact) mass is 189 g/mol. The first-order chi connectivity index (χ1) is 6.70. The van der Waals surface area contributed by atoms with Crippen molar-refractivity contribution in [3.8, 4) is 0 Å². The minimum Gasteiger partial charge on any atom is -0.384 e. The fourth-order valence-corrected chi connectivity index (χ4v) is 2.66. The molecule has 0 aromatic heterocycles. The number of para-hydroxylation sites is 1. The molecule has 1 heterocycles. The quantitative estimate of drug-likeness (QED) is 0.751. The van der Waals surface area contributed by atoms with Crippen LogP contribution in [-0.4, -0.2) is 6.54 Å². The van der Waals surface area contributed by atoms with E-state index in [4.69, 9.17) is 0 Å². The van der Waals surface area contributed by atoms with E-state index in [2.05, 4.69) is 50.4 Å². The van der Waals surface area contributed by atoms with Crippen LogP contribution in [0.5, 0.6) is 0 Å². The first kappa shape index (κ1) is 9.57. The van der Waals surface area contributed by atoms with Gasteiger partial charge in [0.1, 0.15) is 0 Å². The van der Waals surface area contributed by atoms with Gasteiger partial charge in [0.05, 0.1) is 0 Å².